The maximum Gasteiger partial charge on any atom is 0.413 e. The Hall–Kier alpha value is -1.56. The third-order valence-electron chi connectivity index (χ3n) is 1.44. The van der Waals surface area contributed by atoms with Crippen LogP contribution >= 0.6 is 11.6 Å². The van der Waals surface area contributed by atoms with Gasteiger partial charge in [0.1, 0.15) is 22.8 Å². The van der Waals surface area contributed by atoms with Crippen molar-refractivity contribution in [2.75, 3.05) is 11.1 Å². The summed E-state index contributed by atoms with van der Waals surface area (Å²) in [6.45, 7) is 5.26. The van der Waals surface area contributed by atoms with Crippen molar-refractivity contribution in [1.29, 1.82) is 0 Å². The Bertz CT molecular complexity index is 403. The average molecular weight is 245 g/mol. The van der Waals surface area contributed by atoms with E-state index in [-0.39, 0.29) is 16.7 Å². The maximum absolute atomic E-state index is 11.4. The first kappa shape index (κ1) is 12.5. The van der Waals surface area contributed by atoms with Crippen LogP contribution in [0.4, 0.5) is 16.4 Å². The highest BCUT2D eigenvalue weighted by Crippen LogP contribution is 2.23. The number of carbonyl (C=O) groups is 1. The predicted molar refractivity (Wildman–Crippen MR) is 61.3 cm³/mol. The van der Waals surface area contributed by atoms with E-state index in [4.69, 9.17) is 22.1 Å². The number of hydrogen-bond acceptors (Lipinski definition) is 5. The number of amides is 1. The van der Waals surface area contributed by atoms with Gasteiger partial charge in [0.2, 0.25) is 0 Å². The standard InChI is InChI=1S/C9H13ClN4O2/c1-9(2,3)16-8(15)14-7-5(10)6(11)12-4-13-7/h4H,1-3H3,(H3,11,12,13,14,15). The van der Waals surface area contributed by atoms with Crippen LogP contribution in [0.15, 0.2) is 6.33 Å². The van der Waals surface area contributed by atoms with Crippen LogP contribution in [0.3, 0.4) is 0 Å². The number of nitrogens with one attached hydrogen (secondary N) is 1. The van der Waals surface area contributed by atoms with Crippen LogP contribution in [-0.4, -0.2) is 21.7 Å². The van der Waals surface area contributed by atoms with Crippen LogP contribution in [0, 0.1) is 0 Å². The predicted octanol–water partition coefficient (Wildman–Crippen LogP) is 2.06. The van der Waals surface area contributed by atoms with E-state index >= 15 is 0 Å². The number of anilines is 2. The molecule has 1 aromatic rings. The van der Waals surface area contributed by atoms with Crippen LogP contribution in [0.1, 0.15) is 20.8 Å². The number of nitrogens with zero attached hydrogens (tertiary/aromatic N) is 2. The Balaban J connectivity index is 2.74. The molecule has 0 radical (unpaired) electrons. The van der Waals surface area contributed by atoms with E-state index in [2.05, 4.69) is 15.3 Å². The number of rotatable bonds is 1. The van der Waals surface area contributed by atoms with Gasteiger partial charge in [-0.1, -0.05) is 11.6 Å². The number of nitrogen functional groups attached to an aromatic ring is 1. The summed E-state index contributed by atoms with van der Waals surface area (Å²) < 4.78 is 5.03. The second kappa shape index (κ2) is 4.52. The lowest BCUT2D eigenvalue weighted by Gasteiger charge is -2.19. The van der Waals surface area contributed by atoms with Gasteiger partial charge in [0.25, 0.3) is 0 Å². The first-order valence-corrected chi connectivity index (χ1v) is 4.93. The highest BCUT2D eigenvalue weighted by atomic mass is 35.5. The van der Waals surface area contributed by atoms with Crippen molar-refractivity contribution < 1.29 is 9.53 Å². The molecule has 1 amide bonds. The minimum Gasteiger partial charge on any atom is -0.444 e. The van der Waals surface area contributed by atoms with Gasteiger partial charge in [0.05, 0.1) is 0 Å². The molecule has 7 heteroatoms. The zero-order valence-corrected chi connectivity index (χ0v) is 10.00. The van der Waals surface area contributed by atoms with Crippen molar-refractivity contribution in [3.8, 4) is 0 Å². The average Bonchev–Trinajstić information content (AvgIpc) is 2.09. The summed E-state index contributed by atoms with van der Waals surface area (Å²) in [6, 6.07) is 0. The second-order valence-electron chi connectivity index (χ2n) is 4.05. The molecule has 0 aromatic carbocycles. The van der Waals surface area contributed by atoms with Crippen LogP contribution in [0.25, 0.3) is 0 Å². The zero-order chi connectivity index (χ0) is 12.3. The quantitative estimate of drug-likeness (QED) is 0.789. The van der Waals surface area contributed by atoms with Gasteiger partial charge in [-0.25, -0.2) is 14.8 Å². The van der Waals surface area contributed by atoms with E-state index in [1.807, 2.05) is 0 Å². The summed E-state index contributed by atoms with van der Waals surface area (Å²) in [5.74, 6) is 0.228. The molecule has 0 atom stereocenters. The van der Waals surface area contributed by atoms with E-state index in [0.717, 1.165) is 0 Å². The Morgan fingerprint density at radius 3 is 2.69 bits per heavy atom. The summed E-state index contributed by atoms with van der Waals surface area (Å²) >= 11 is 5.79. The van der Waals surface area contributed by atoms with E-state index in [1.54, 1.807) is 20.8 Å². The van der Waals surface area contributed by atoms with Gasteiger partial charge in [-0.15, -0.1) is 0 Å². The first-order valence-electron chi connectivity index (χ1n) is 4.55. The number of ether oxygens (including phenoxy) is 1. The summed E-state index contributed by atoms with van der Waals surface area (Å²) in [7, 11) is 0. The highest BCUT2D eigenvalue weighted by molar-refractivity contribution is 6.35. The van der Waals surface area contributed by atoms with Gasteiger partial charge in [-0.3, -0.25) is 5.32 Å². The molecule has 0 saturated carbocycles. The van der Waals surface area contributed by atoms with Gasteiger partial charge in [-0.2, -0.15) is 0 Å². The molecule has 0 spiro atoms. The van der Waals surface area contributed by atoms with E-state index in [9.17, 15) is 4.79 Å². The third-order valence-corrected chi connectivity index (χ3v) is 1.81. The fourth-order valence-corrected chi connectivity index (χ4v) is 1.02. The van der Waals surface area contributed by atoms with Gasteiger partial charge >= 0.3 is 6.09 Å². The maximum atomic E-state index is 11.4. The SMILES string of the molecule is CC(C)(C)OC(=O)Nc1ncnc(N)c1Cl. The molecule has 16 heavy (non-hydrogen) atoms. The van der Waals surface area contributed by atoms with Crippen molar-refractivity contribution in [2.45, 2.75) is 26.4 Å². The molecule has 0 saturated heterocycles. The third kappa shape index (κ3) is 3.54. The van der Waals surface area contributed by atoms with Crippen LogP contribution in [0.2, 0.25) is 5.02 Å². The Morgan fingerprint density at radius 2 is 2.12 bits per heavy atom. The lowest BCUT2D eigenvalue weighted by molar-refractivity contribution is 0.0635. The normalized spacial score (nSPS) is 11.0. The van der Waals surface area contributed by atoms with Gasteiger partial charge < -0.3 is 10.5 Å². The molecule has 1 rings (SSSR count). The number of hydrogen-bond donors (Lipinski definition) is 2. The number of carbonyl (C=O) groups excluding carboxylic acids is 1. The van der Waals surface area contributed by atoms with Crippen LogP contribution < -0.4 is 11.1 Å². The molecular weight excluding hydrogens is 232 g/mol. The number of halogens is 1. The van der Waals surface area contributed by atoms with Crippen molar-refractivity contribution in [3.63, 3.8) is 0 Å². The Labute approximate surface area is 98.2 Å². The van der Waals surface area contributed by atoms with Gasteiger partial charge in [0.15, 0.2) is 5.82 Å². The van der Waals surface area contributed by atoms with Crippen molar-refractivity contribution >= 4 is 29.3 Å². The van der Waals surface area contributed by atoms with Crippen molar-refractivity contribution in [1.82, 2.24) is 9.97 Å². The molecule has 1 aromatic heterocycles. The molecule has 0 aliphatic heterocycles. The lowest BCUT2D eigenvalue weighted by Crippen LogP contribution is -2.27. The molecule has 6 nitrogen and oxygen atoms in total. The molecule has 0 aliphatic carbocycles. The fraction of sp³-hybridized carbons (Fsp3) is 0.444. The van der Waals surface area contributed by atoms with E-state index in [0.29, 0.717) is 0 Å². The largest absolute Gasteiger partial charge is 0.444 e. The Morgan fingerprint density at radius 1 is 1.50 bits per heavy atom. The molecule has 3 N–H and O–H groups in total. The highest BCUT2D eigenvalue weighted by Gasteiger charge is 2.18. The number of aromatic nitrogens is 2. The molecule has 0 bridgehead atoms. The summed E-state index contributed by atoms with van der Waals surface area (Å²) in [5.41, 5.74) is 4.86. The summed E-state index contributed by atoms with van der Waals surface area (Å²) in [5, 5.41) is 2.47. The van der Waals surface area contributed by atoms with Crippen molar-refractivity contribution in [3.05, 3.63) is 11.3 Å². The summed E-state index contributed by atoms with van der Waals surface area (Å²) in [6.07, 6.45) is 0.556. The van der Waals surface area contributed by atoms with Gasteiger partial charge in [-0.05, 0) is 20.8 Å². The smallest absolute Gasteiger partial charge is 0.413 e. The zero-order valence-electron chi connectivity index (χ0n) is 9.24. The minimum atomic E-state index is -0.646. The van der Waals surface area contributed by atoms with E-state index < -0.39 is 11.7 Å². The Kier molecular flexibility index (Phi) is 3.54. The first-order chi connectivity index (χ1) is 7.29. The van der Waals surface area contributed by atoms with E-state index in [1.165, 1.54) is 6.33 Å². The number of nitrogens with two attached hydrogens (primary N) is 1. The fourth-order valence-electron chi connectivity index (χ4n) is 0.871. The molecule has 88 valence electrons. The lowest BCUT2D eigenvalue weighted by atomic mass is 10.2. The molecule has 1 heterocycles. The minimum absolute atomic E-state index is 0.0911. The summed E-state index contributed by atoms with van der Waals surface area (Å²) in [4.78, 5) is 18.8. The molecule has 0 fully saturated rings. The van der Waals surface area contributed by atoms with Crippen LogP contribution in [-0.2, 0) is 4.74 Å². The van der Waals surface area contributed by atoms with Crippen LogP contribution in [0.5, 0.6) is 0 Å². The molecule has 0 unspecified atom stereocenters. The van der Waals surface area contributed by atoms with Gasteiger partial charge in [0, 0.05) is 0 Å². The van der Waals surface area contributed by atoms with Crippen molar-refractivity contribution in [2.24, 2.45) is 0 Å². The monoisotopic (exact) mass is 244 g/mol. The molecular formula is C9H13ClN4O2. The topological polar surface area (TPSA) is 90.1 Å². The molecule has 0 aliphatic rings. The second-order valence-corrected chi connectivity index (χ2v) is 4.43.